The number of aromatic amines is 1. The van der Waals surface area contributed by atoms with Crippen molar-refractivity contribution in [1.29, 1.82) is 0 Å². The lowest BCUT2D eigenvalue weighted by Gasteiger charge is -2.09. The standard InChI is InChI=1S/C20H16N2O2S/c1-12-8-9-16(24-2)14(10-12)15-11-25-20-17(15)19(23)21-18(22-20)13-6-4-3-5-7-13/h3-11H,1-2H3,(H,21,22,23). The number of H-pyrrole nitrogens is 1. The minimum absolute atomic E-state index is 0.135. The van der Waals surface area contributed by atoms with Crippen LogP contribution in [0.15, 0.2) is 58.7 Å². The van der Waals surface area contributed by atoms with Crippen LogP contribution in [0.3, 0.4) is 0 Å². The molecule has 0 amide bonds. The Labute approximate surface area is 148 Å². The van der Waals surface area contributed by atoms with E-state index in [1.165, 1.54) is 11.3 Å². The van der Waals surface area contributed by atoms with E-state index in [1.54, 1.807) is 7.11 Å². The minimum atomic E-state index is -0.135. The number of rotatable bonds is 3. The molecule has 0 bridgehead atoms. The second-order valence-corrected chi connectivity index (χ2v) is 6.67. The molecule has 2 aromatic heterocycles. The molecule has 0 aliphatic carbocycles. The lowest BCUT2D eigenvalue weighted by Crippen LogP contribution is -2.09. The van der Waals surface area contributed by atoms with E-state index in [2.05, 4.69) is 9.97 Å². The molecule has 0 fully saturated rings. The van der Waals surface area contributed by atoms with Crippen LogP contribution in [0.25, 0.3) is 32.7 Å². The second kappa shape index (κ2) is 6.18. The predicted octanol–water partition coefficient (Wildman–Crippen LogP) is 4.64. The largest absolute Gasteiger partial charge is 0.496 e. The summed E-state index contributed by atoms with van der Waals surface area (Å²) in [6.45, 7) is 2.02. The fourth-order valence-electron chi connectivity index (χ4n) is 2.91. The number of aromatic nitrogens is 2. The van der Waals surface area contributed by atoms with Crippen molar-refractivity contribution >= 4 is 21.6 Å². The van der Waals surface area contributed by atoms with E-state index in [0.29, 0.717) is 11.2 Å². The summed E-state index contributed by atoms with van der Waals surface area (Å²) >= 11 is 1.47. The number of hydrogen-bond acceptors (Lipinski definition) is 4. The first-order valence-electron chi connectivity index (χ1n) is 7.89. The van der Waals surface area contributed by atoms with Crippen LogP contribution in [-0.2, 0) is 0 Å². The SMILES string of the molecule is COc1ccc(C)cc1-c1csc2nc(-c3ccccc3)[nH]c(=O)c12. The number of hydrogen-bond donors (Lipinski definition) is 1. The quantitative estimate of drug-likeness (QED) is 0.587. The van der Waals surface area contributed by atoms with E-state index in [-0.39, 0.29) is 5.56 Å². The maximum absolute atomic E-state index is 12.8. The highest BCUT2D eigenvalue weighted by molar-refractivity contribution is 7.17. The van der Waals surface area contributed by atoms with Crippen molar-refractivity contribution in [3.8, 4) is 28.3 Å². The van der Waals surface area contributed by atoms with Crippen LogP contribution in [0.2, 0.25) is 0 Å². The van der Waals surface area contributed by atoms with Gasteiger partial charge in [0.1, 0.15) is 16.4 Å². The lowest BCUT2D eigenvalue weighted by atomic mass is 10.0. The molecule has 5 heteroatoms. The van der Waals surface area contributed by atoms with Crippen LogP contribution in [0.5, 0.6) is 5.75 Å². The van der Waals surface area contributed by atoms with Gasteiger partial charge < -0.3 is 9.72 Å². The fraction of sp³-hybridized carbons (Fsp3) is 0.100. The average Bonchev–Trinajstić information content (AvgIpc) is 3.07. The summed E-state index contributed by atoms with van der Waals surface area (Å²) < 4.78 is 5.48. The molecule has 0 aliphatic heterocycles. The van der Waals surface area contributed by atoms with Gasteiger partial charge in [-0.15, -0.1) is 11.3 Å². The number of methoxy groups -OCH3 is 1. The summed E-state index contributed by atoms with van der Waals surface area (Å²) in [5.74, 6) is 1.33. The Hall–Kier alpha value is -2.92. The number of benzene rings is 2. The van der Waals surface area contributed by atoms with Crippen molar-refractivity contribution in [3.63, 3.8) is 0 Å². The maximum atomic E-state index is 12.8. The molecule has 4 nitrogen and oxygen atoms in total. The van der Waals surface area contributed by atoms with E-state index in [9.17, 15) is 4.79 Å². The van der Waals surface area contributed by atoms with Crippen molar-refractivity contribution < 1.29 is 4.74 Å². The van der Waals surface area contributed by atoms with Crippen molar-refractivity contribution in [1.82, 2.24) is 9.97 Å². The van der Waals surface area contributed by atoms with Gasteiger partial charge in [0.05, 0.1) is 12.5 Å². The number of nitrogens with zero attached hydrogens (tertiary/aromatic N) is 1. The zero-order valence-electron chi connectivity index (χ0n) is 13.9. The summed E-state index contributed by atoms with van der Waals surface area (Å²) in [5.41, 5.74) is 3.64. The van der Waals surface area contributed by atoms with E-state index < -0.39 is 0 Å². The molecule has 0 spiro atoms. The van der Waals surface area contributed by atoms with E-state index >= 15 is 0 Å². The summed E-state index contributed by atoms with van der Waals surface area (Å²) in [4.78, 5) is 21.1. The van der Waals surface area contributed by atoms with Crippen LogP contribution in [0.1, 0.15) is 5.56 Å². The van der Waals surface area contributed by atoms with Crippen LogP contribution in [-0.4, -0.2) is 17.1 Å². The molecule has 0 atom stereocenters. The third-order valence-electron chi connectivity index (χ3n) is 4.14. The monoisotopic (exact) mass is 348 g/mol. The smallest absolute Gasteiger partial charge is 0.260 e. The third-order valence-corrected chi connectivity index (χ3v) is 5.01. The molecule has 2 aromatic carbocycles. The first-order valence-corrected chi connectivity index (χ1v) is 8.77. The Kier molecular flexibility index (Phi) is 3.86. The van der Waals surface area contributed by atoms with Crippen LogP contribution < -0.4 is 10.3 Å². The van der Waals surface area contributed by atoms with Crippen LogP contribution in [0.4, 0.5) is 0 Å². The molecule has 1 N–H and O–H groups in total. The van der Waals surface area contributed by atoms with Gasteiger partial charge in [-0.1, -0.05) is 42.0 Å². The average molecular weight is 348 g/mol. The van der Waals surface area contributed by atoms with Crippen molar-refractivity contribution in [3.05, 3.63) is 69.8 Å². The van der Waals surface area contributed by atoms with Crippen molar-refractivity contribution in [2.24, 2.45) is 0 Å². The normalized spacial score (nSPS) is 11.0. The van der Waals surface area contributed by atoms with Gasteiger partial charge in [-0.3, -0.25) is 4.79 Å². The molecule has 4 aromatic rings. The van der Waals surface area contributed by atoms with E-state index in [0.717, 1.165) is 32.8 Å². The Morgan fingerprint density at radius 3 is 2.64 bits per heavy atom. The zero-order chi connectivity index (χ0) is 17.4. The van der Waals surface area contributed by atoms with E-state index in [1.807, 2.05) is 60.8 Å². The van der Waals surface area contributed by atoms with Gasteiger partial charge in [-0.05, 0) is 19.1 Å². The van der Waals surface area contributed by atoms with Crippen molar-refractivity contribution in [2.75, 3.05) is 7.11 Å². The summed E-state index contributed by atoms with van der Waals surface area (Å²) in [6, 6.07) is 15.6. The van der Waals surface area contributed by atoms with Crippen LogP contribution in [0, 0.1) is 6.92 Å². The molecule has 0 radical (unpaired) electrons. The fourth-order valence-corrected chi connectivity index (χ4v) is 3.85. The number of thiophene rings is 1. The highest BCUT2D eigenvalue weighted by atomic mass is 32.1. The second-order valence-electron chi connectivity index (χ2n) is 5.81. The predicted molar refractivity (Wildman–Crippen MR) is 102 cm³/mol. The van der Waals surface area contributed by atoms with E-state index in [4.69, 9.17) is 4.74 Å². The number of ether oxygens (including phenoxy) is 1. The molecule has 124 valence electrons. The Morgan fingerprint density at radius 1 is 1.08 bits per heavy atom. The lowest BCUT2D eigenvalue weighted by molar-refractivity contribution is 0.416. The van der Waals surface area contributed by atoms with Gasteiger partial charge in [-0.25, -0.2) is 4.98 Å². The van der Waals surface area contributed by atoms with Gasteiger partial charge in [0, 0.05) is 22.1 Å². The molecule has 0 saturated carbocycles. The first-order chi connectivity index (χ1) is 12.2. The Morgan fingerprint density at radius 2 is 1.88 bits per heavy atom. The van der Waals surface area contributed by atoms with Gasteiger partial charge >= 0.3 is 0 Å². The molecule has 0 saturated heterocycles. The highest BCUT2D eigenvalue weighted by Gasteiger charge is 2.16. The zero-order valence-corrected chi connectivity index (χ0v) is 14.7. The van der Waals surface area contributed by atoms with Gasteiger partial charge in [-0.2, -0.15) is 0 Å². The summed E-state index contributed by atoms with van der Waals surface area (Å²) in [6.07, 6.45) is 0. The Bertz CT molecular complexity index is 1110. The molecular weight excluding hydrogens is 332 g/mol. The van der Waals surface area contributed by atoms with Gasteiger partial charge in [0.2, 0.25) is 0 Å². The summed E-state index contributed by atoms with van der Waals surface area (Å²) in [5, 5.41) is 2.58. The van der Waals surface area contributed by atoms with Gasteiger partial charge in [0.25, 0.3) is 5.56 Å². The number of aryl methyl sites for hydroxylation is 1. The number of nitrogens with one attached hydrogen (secondary N) is 1. The minimum Gasteiger partial charge on any atom is -0.496 e. The molecule has 25 heavy (non-hydrogen) atoms. The molecule has 4 rings (SSSR count). The topological polar surface area (TPSA) is 55.0 Å². The maximum Gasteiger partial charge on any atom is 0.260 e. The highest BCUT2D eigenvalue weighted by Crippen LogP contribution is 2.37. The Balaban J connectivity index is 1.95. The van der Waals surface area contributed by atoms with Gasteiger partial charge in [0.15, 0.2) is 0 Å². The van der Waals surface area contributed by atoms with Crippen LogP contribution >= 0.6 is 11.3 Å². The molecule has 2 heterocycles. The molecule has 0 unspecified atom stereocenters. The summed E-state index contributed by atoms with van der Waals surface area (Å²) in [7, 11) is 1.64. The first kappa shape index (κ1) is 15.6. The molecular formula is C20H16N2O2S. The third kappa shape index (κ3) is 2.72. The molecule has 0 aliphatic rings. The number of fused-ring (bicyclic) bond motifs is 1. The van der Waals surface area contributed by atoms with Crippen molar-refractivity contribution in [2.45, 2.75) is 6.92 Å².